The molecule has 0 aliphatic carbocycles. The lowest BCUT2D eigenvalue weighted by Gasteiger charge is -2.08. The Labute approximate surface area is 108 Å². The van der Waals surface area contributed by atoms with Gasteiger partial charge in [0.05, 0.1) is 17.8 Å². The van der Waals surface area contributed by atoms with E-state index in [2.05, 4.69) is 15.3 Å². The number of nitrogens with one attached hydrogen (secondary N) is 1. The maximum atomic E-state index is 11.8. The van der Waals surface area contributed by atoms with Crippen LogP contribution in [-0.2, 0) is 11.2 Å². The first kappa shape index (κ1) is 11.0. The van der Waals surface area contributed by atoms with Crippen molar-refractivity contribution >= 4 is 29.1 Å². The van der Waals surface area contributed by atoms with Gasteiger partial charge in [0.25, 0.3) is 0 Å². The van der Waals surface area contributed by atoms with Crippen LogP contribution in [0.25, 0.3) is 11.3 Å². The van der Waals surface area contributed by atoms with Gasteiger partial charge in [-0.3, -0.25) is 4.79 Å². The third-order valence-electron chi connectivity index (χ3n) is 2.75. The predicted octanol–water partition coefficient (Wildman–Crippen LogP) is 1.87. The molecule has 2 aromatic rings. The van der Waals surface area contributed by atoms with Crippen molar-refractivity contribution in [3.8, 4) is 11.3 Å². The van der Waals surface area contributed by atoms with Gasteiger partial charge in [-0.1, -0.05) is 11.6 Å². The summed E-state index contributed by atoms with van der Waals surface area (Å²) in [5.74, 6) is 0.0645. The second kappa shape index (κ2) is 3.96. The number of rotatable bonds is 0. The highest BCUT2D eigenvalue weighted by molar-refractivity contribution is 6.31. The lowest BCUT2D eigenvalue weighted by atomic mass is 10.1. The monoisotopic (exact) mass is 260 g/mol. The Bertz CT molecular complexity index is 657. The van der Waals surface area contributed by atoms with E-state index in [1.807, 2.05) is 6.07 Å². The molecule has 6 heteroatoms. The van der Waals surface area contributed by atoms with E-state index in [0.717, 1.165) is 11.1 Å². The SMILES string of the molecule is Nc1ncc2c(n1)-c1ccc(Cl)cc1NC(=O)C2. The number of carbonyl (C=O) groups is 1. The van der Waals surface area contributed by atoms with E-state index in [4.69, 9.17) is 17.3 Å². The van der Waals surface area contributed by atoms with Crippen LogP contribution in [-0.4, -0.2) is 15.9 Å². The normalized spacial score (nSPS) is 13.3. The summed E-state index contributed by atoms with van der Waals surface area (Å²) < 4.78 is 0. The van der Waals surface area contributed by atoms with Gasteiger partial charge in [0.2, 0.25) is 11.9 Å². The zero-order valence-corrected chi connectivity index (χ0v) is 10.0. The van der Waals surface area contributed by atoms with Gasteiger partial charge in [-0.15, -0.1) is 0 Å². The standard InChI is InChI=1S/C12H9ClN4O/c13-7-1-2-8-9(4-7)16-10(18)3-6-5-15-12(14)17-11(6)8/h1-2,4-5H,3H2,(H,16,18)(H2,14,15,17). The van der Waals surface area contributed by atoms with Crippen LogP contribution in [0.2, 0.25) is 5.02 Å². The number of amides is 1. The van der Waals surface area contributed by atoms with Gasteiger partial charge < -0.3 is 11.1 Å². The molecule has 0 saturated carbocycles. The van der Waals surface area contributed by atoms with Gasteiger partial charge in [-0.05, 0) is 18.2 Å². The summed E-state index contributed by atoms with van der Waals surface area (Å²) in [5, 5.41) is 3.35. The van der Waals surface area contributed by atoms with Crippen molar-refractivity contribution < 1.29 is 4.79 Å². The molecule has 3 N–H and O–H groups in total. The fourth-order valence-electron chi connectivity index (χ4n) is 1.98. The van der Waals surface area contributed by atoms with Crippen LogP contribution in [0.5, 0.6) is 0 Å². The molecule has 2 heterocycles. The van der Waals surface area contributed by atoms with E-state index in [-0.39, 0.29) is 18.3 Å². The number of carbonyl (C=O) groups excluding carboxylic acids is 1. The molecular weight excluding hydrogens is 252 g/mol. The number of nitrogen functional groups attached to an aromatic ring is 1. The summed E-state index contributed by atoms with van der Waals surface area (Å²) in [5.41, 5.74) is 8.47. The molecule has 0 atom stereocenters. The topological polar surface area (TPSA) is 80.9 Å². The zero-order chi connectivity index (χ0) is 12.7. The Kier molecular flexibility index (Phi) is 2.41. The Morgan fingerprint density at radius 3 is 3.06 bits per heavy atom. The molecular formula is C12H9ClN4O. The number of fused-ring (bicyclic) bond motifs is 3. The average molecular weight is 261 g/mol. The second-order valence-corrected chi connectivity index (χ2v) is 4.45. The number of hydrogen-bond acceptors (Lipinski definition) is 4. The average Bonchev–Trinajstić information content (AvgIpc) is 2.44. The van der Waals surface area contributed by atoms with Gasteiger partial charge in [-0.2, -0.15) is 0 Å². The van der Waals surface area contributed by atoms with Crippen LogP contribution in [0, 0.1) is 0 Å². The van der Waals surface area contributed by atoms with Crippen molar-refractivity contribution in [2.24, 2.45) is 0 Å². The Hall–Kier alpha value is -2.14. The molecule has 1 aromatic heterocycles. The van der Waals surface area contributed by atoms with E-state index in [1.165, 1.54) is 0 Å². The first-order valence-electron chi connectivity index (χ1n) is 5.34. The molecule has 1 aliphatic heterocycles. The third-order valence-corrected chi connectivity index (χ3v) is 2.98. The second-order valence-electron chi connectivity index (χ2n) is 4.02. The van der Waals surface area contributed by atoms with Crippen LogP contribution < -0.4 is 11.1 Å². The number of halogens is 1. The maximum absolute atomic E-state index is 11.8. The van der Waals surface area contributed by atoms with E-state index in [0.29, 0.717) is 16.4 Å². The molecule has 1 aliphatic rings. The summed E-state index contributed by atoms with van der Waals surface area (Å²) in [4.78, 5) is 19.9. The molecule has 0 saturated heterocycles. The number of nitrogens with zero attached hydrogens (tertiary/aromatic N) is 2. The minimum atomic E-state index is -0.120. The zero-order valence-electron chi connectivity index (χ0n) is 9.27. The van der Waals surface area contributed by atoms with Gasteiger partial charge >= 0.3 is 0 Å². The van der Waals surface area contributed by atoms with Crippen molar-refractivity contribution in [1.29, 1.82) is 0 Å². The van der Waals surface area contributed by atoms with Gasteiger partial charge in [0.15, 0.2) is 0 Å². The van der Waals surface area contributed by atoms with Crippen molar-refractivity contribution in [1.82, 2.24) is 9.97 Å². The molecule has 90 valence electrons. The van der Waals surface area contributed by atoms with Crippen molar-refractivity contribution in [3.05, 3.63) is 35.0 Å². The Balaban J connectivity index is 2.30. The maximum Gasteiger partial charge on any atom is 0.228 e. The first-order chi connectivity index (χ1) is 8.63. The molecule has 0 bridgehead atoms. The van der Waals surface area contributed by atoms with Crippen molar-refractivity contribution in [3.63, 3.8) is 0 Å². The Morgan fingerprint density at radius 2 is 2.22 bits per heavy atom. The smallest absolute Gasteiger partial charge is 0.228 e. The quantitative estimate of drug-likeness (QED) is 0.758. The first-order valence-corrected chi connectivity index (χ1v) is 5.72. The fraction of sp³-hybridized carbons (Fsp3) is 0.0833. The number of hydrogen-bond donors (Lipinski definition) is 2. The van der Waals surface area contributed by atoms with Crippen LogP contribution in [0.4, 0.5) is 11.6 Å². The lowest BCUT2D eigenvalue weighted by Crippen LogP contribution is -2.12. The minimum Gasteiger partial charge on any atom is -0.368 e. The lowest BCUT2D eigenvalue weighted by molar-refractivity contribution is -0.115. The van der Waals surface area contributed by atoms with Gasteiger partial charge in [-0.25, -0.2) is 9.97 Å². The van der Waals surface area contributed by atoms with Gasteiger partial charge in [0, 0.05) is 22.3 Å². The fourth-order valence-corrected chi connectivity index (χ4v) is 2.15. The third kappa shape index (κ3) is 1.78. The number of nitrogens with two attached hydrogens (primary N) is 1. The number of anilines is 2. The van der Waals surface area contributed by atoms with E-state index in [9.17, 15) is 4.79 Å². The summed E-state index contributed by atoms with van der Waals surface area (Å²) in [6.45, 7) is 0. The molecule has 1 amide bonds. The predicted molar refractivity (Wildman–Crippen MR) is 69.2 cm³/mol. The summed E-state index contributed by atoms with van der Waals surface area (Å²) in [7, 11) is 0. The summed E-state index contributed by atoms with van der Waals surface area (Å²) >= 11 is 5.93. The van der Waals surface area contributed by atoms with Crippen LogP contribution >= 0.6 is 11.6 Å². The van der Waals surface area contributed by atoms with Crippen LogP contribution in [0.1, 0.15) is 5.56 Å². The van der Waals surface area contributed by atoms with E-state index >= 15 is 0 Å². The largest absolute Gasteiger partial charge is 0.368 e. The molecule has 0 spiro atoms. The summed E-state index contributed by atoms with van der Waals surface area (Å²) in [6.07, 6.45) is 1.81. The summed E-state index contributed by atoms with van der Waals surface area (Å²) in [6, 6.07) is 5.26. The van der Waals surface area contributed by atoms with Crippen molar-refractivity contribution in [2.75, 3.05) is 11.1 Å². The molecule has 0 unspecified atom stereocenters. The van der Waals surface area contributed by atoms with Crippen LogP contribution in [0.3, 0.4) is 0 Å². The molecule has 0 radical (unpaired) electrons. The Morgan fingerprint density at radius 1 is 1.39 bits per heavy atom. The molecule has 1 aromatic carbocycles. The molecule has 0 fully saturated rings. The number of aromatic nitrogens is 2. The van der Waals surface area contributed by atoms with Crippen molar-refractivity contribution in [2.45, 2.75) is 6.42 Å². The highest BCUT2D eigenvalue weighted by atomic mass is 35.5. The van der Waals surface area contributed by atoms with Crippen LogP contribution in [0.15, 0.2) is 24.4 Å². The molecule has 18 heavy (non-hydrogen) atoms. The van der Waals surface area contributed by atoms with E-state index in [1.54, 1.807) is 18.3 Å². The van der Waals surface area contributed by atoms with E-state index < -0.39 is 0 Å². The number of benzene rings is 1. The van der Waals surface area contributed by atoms with Gasteiger partial charge in [0.1, 0.15) is 0 Å². The molecule has 5 nitrogen and oxygen atoms in total. The molecule has 3 rings (SSSR count). The highest BCUT2D eigenvalue weighted by Crippen LogP contribution is 2.34. The highest BCUT2D eigenvalue weighted by Gasteiger charge is 2.20. The minimum absolute atomic E-state index is 0.120.